The maximum absolute atomic E-state index is 4.99. The van der Waals surface area contributed by atoms with E-state index in [0.29, 0.717) is 11.7 Å². The van der Waals surface area contributed by atoms with Gasteiger partial charge in [0.15, 0.2) is 5.75 Å². The number of nitrogens with one attached hydrogen (secondary N) is 1. The average molecular weight is 235 g/mol. The number of aromatic nitrogens is 2. The summed E-state index contributed by atoms with van der Waals surface area (Å²) < 4.78 is 4.99. The molecule has 0 aliphatic carbocycles. The standard InChI is InChI=1S/C11H13N3OS/c1-8-3-4-16-10(8)7-14-11-12-5-9(15-2)6-13-11/h3-6H,7H2,1-2H3,(H,12,13,14). The van der Waals surface area contributed by atoms with Gasteiger partial charge in [0.2, 0.25) is 5.95 Å². The van der Waals surface area contributed by atoms with E-state index in [-0.39, 0.29) is 0 Å². The first-order valence-corrected chi connectivity index (χ1v) is 5.80. The van der Waals surface area contributed by atoms with E-state index in [1.165, 1.54) is 10.4 Å². The Morgan fingerprint density at radius 2 is 2.12 bits per heavy atom. The molecule has 0 radical (unpaired) electrons. The van der Waals surface area contributed by atoms with E-state index in [0.717, 1.165) is 6.54 Å². The van der Waals surface area contributed by atoms with Crippen LogP contribution in [0.3, 0.4) is 0 Å². The maximum Gasteiger partial charge on any atom is 0.223 e. The lowest BCUT2D eigenvalue weighted by atomic mass is 10.3. The molecule has 2 heterocycles. The fourth-order valence-corrected chi connectivity index (χ4v) is 2.10. The smallest absolute Gasteiger partial charge is 0.223 e. The van der Waals surface area contributed by atoms with Crippen LogP contribution in [-0.4, -0.2) is 17.1 Å². The third-order valence-corrected chi connectivity index (χ3v) is 3.26. The lowest BCUT2D eigenvalue weighted by Crippen LogP contribution is -2.02. The van der Waals surface area contributed by atoms with Crippen LogP contribution in [0.5, 0.6) is 5.75 Å². The molecule has 0 saturated carbocycles. The van der Waals surface area contributed by atoms with Crippen LogP contribution < -0.4 is 10.1 Å². The van der Waals surface area contributed by atoms with Crippen LogP contribution >= 0.6 is 11.3 Å². The molecule has 0 atom stereocenters. The molecule has 0 amide bonds. The molecule has 0 aromatic carbocycles. The summed E-state index contributed by atoms with van der Waals surface area (Å²) in [6.07, 6.45) is 3.30. The van der Waals surface area contributed by atoms with Crippen LogP contribution in [0.2, 0.25) is 0 Å². The van der Waals surface area contributed by atoms with Crippen LogP contribution in [0.1, 0.15) is 10.4 Å². The zero-order valence-corrected chi connectivity index (χ0v) is 10.0. The van der Waals surface area contributed by atoms with Gasteiger partial charge in [0.25, 0.3) is 0 Å². The fraction of sp³-hybridized carbons (Fsp3) is 0.273. The molecule has 0 aliphatic heterocycles. The third kappa shape index (κ3) is 2.49. The van der Waals surface area contributed by atoms with Crippen LogP contribution in [0, 0.1) is 6.92 Å². The van der Waals surface area contributed by atoms with E-state index >= 15 is 0 Å². The first kappa shape index (κ1) is 10.9. The second kappa shape index (κ2) is 4.94. The number of methoxy groups -OCH3 is 1. The Bertz CT molecular complexity index is 453. The number of anilines is 1. The van der Waals surface area contributed by atoms with Crippen molar-refractivity contribution in [2.24, 2.45) is 0 Å². The Hall–Kier alpha value is -1.62. The van der Waals surface area contributed by atoms with Gasteiger partial charge in [0.1, 0.15) is 0 Å². The highest BCUT2D eigenvalue weighted by molar-refractivity contribution is 7.10. The maximum atomic E-state index is 4.99. The summed E-state index contributed by atoms with van der Waals surface area (Å²) in [6.45, 7) is 2.86. The summed E-state index contributed by atoms with van der Waals surface area (Å²) >= 11 is 1.73. The number of nitrogens with zero attached hydrogens (tertiary/aromatic N) is 2. The zero-order valence-electron chi connectivity index (χ0n) is 9.23. The van der Waals surface area contributed by atoms with Gasteiger partial charge in [-0.25, -0.2) is 9.97 Å². The minimum absolute atomic E-state index is 0.619. The molecule has 0 bridgehead atoms. The highest BCUT2D eigenvalue weighted by atomic mass is 32.1. The zero-order chi connectivity index (χ0) is 11.4. The number of thiophene rings is 1. The van der Waals surface area contributed by atoms with E-state index in [1.54, 1.807) is 30.8 Å². The molecule has 4 nitrogen and oxygen atoms in total. The van der Waals surface area contributed by atoms with Crippen LogP contribution in [0.25, 0.3) is 0 Å². The van der Waals surface area contributed by atoms with Gasteiger partial charge in [-0.3, -0.25) is 0 Å². The summed E-state index contributed by atoms with van der Waals surface area (Å²) in [5.41, 5.74) is 1.30. The Morgan fingerprint density at radius 3 is 2.69 bits per heavy atom. The molecular formula is C11H13N3OS. The van der Waals surface area contributed by atoms with Crippen molar-refractivity contribution in [2.75, 3.05) is 12.4 Å². The van der Waals surface area contributed by atoms with Crippen LogP contribution in [-0.2, 0) is 6.54 Å². The van der Waals surface area contributed by atoms with Crippen molar-refractivity contribution >= 4 is 17.3 Å². The Balaban J connectivity index is 1.97. The Labute approximate surface area is 98.3 Å². The molecule has 0 saturated heterocycles. The second-order valence-corrected chi connectivity index (χ2v) is 4.33. The fourth-order valence-electron chi connectivity index (χ4n) is 1.26. The number of hydrogen-bond acceptors (Lipinski definition) is 5. The van der Waals surface area contributed by atoms with Crippen molar-refractivity contribution in [1.29, 1.82) is 0 Å². The molecule has 0 unspecified atom stereocenters. The van der Waals surface area contributed by atoms with Gasteiger partial charge in [0, 0.05) is 4.88 Å². The van der Waals surface area contributed by atoms with Gasteiger partial charge in [-0.2, -0.15) is 0 Å². The van der Waals surface area contributed by atoms with Crippen molar-refractivity contribution in [2.45, 2.75) is 13.5 Å². The van der Waals surface area contributed by atoms with Crippen LogP contribution in [0.4, 0.5) is 5.95 Å². The normalized spacial score (nSPS) is 10.1. The van der Waals surface area contributed by atoms with E-state index in [4.69, 9.17) is 4.74 Å². The molecule has 5 heteroatoms. The monoisotopic (exact) mass is 235 g/mol. The first-order chi connectivity index (χ1) is 7.79. The number of aryl methyl sites for hydroxylation is 1. The van der Waals surface area contributed by atoms with Gasteiger partial charge in [0.05, 0.1) is 26.0 Å². The minimum Gasteiger partial charge on any atom is -0.494 e. The quantitative estimate of drug-likeness (QED) is 0.884. The van der Waals surface area contributed by atoms with Gasteiger partial charge >= 0.3 is 0 Å². The third-order valence-electron chi connectivity index (χ3n) is 2.24. The van der Waals surface area contributed by atoms with Crippen molar-refractivity contribution in [1.82, 2.24) is 9.97 Å². The largest absolute Gasteiger partial charge is 0.494 e. The van der Waals surface area contributed by atoms with Crippen molar-refractivity contribution in [3.8, 4) is 5.75 Å². The highest BCUT2D eigenvalue weighted by Crippen LogP contribution is 2.16. The topological polar surface area (TPSA) is 47.0 Å². The molecule has 84 valence electrons. The molecule has 0 spiro atoms. The average Bonchev–Trinajstić information content (AvgIpc) is 2.73. The molecule has 0 fully saturated rings. The predicted octanol–water partition coefficient (Wildman–Crippen LogP) is 2.47. The van der Waals surface area contributed by atoms with Crippen LogP contribution in [0.15, 0.2) is 23.8 Å². The predicted molar refractivity (Wildman–Crippen MR) is 65.0 cm³/mol. The molecule has 0 aliphatic rings. The summed E-state index contributed by atoms with van der Waals surface area (Å²) in [5, 5.41) is 5.26. The molecule has 16 heavy (non-hydrogen) atoms. The number of ether oxygens (including phenoxy) is 1. The van der Waals surface area contributed by atoms with Crippen molar-refractivity contribution in [3.05, 3.63) is 34.3 Å². The lowest BCUT2D eigenvalue weighted by molar-refractivity contribution is 0.411. The number of hydrogen-bond donors (Lipinski definition) is 1. The molecule has 2 aromatic heterocycles. The SMILES string of the molecule is COc1cnc(NCc2sccc2C)nc1. The lowest BCUT2D eigenvalue weighted by Gasteiger charge is -2.04. The molecule has 2 aromatic rings. The van der Waals surface area contributed by atoms with E-state index in [9.17, 15) is 0 Å². The summed E-state index contributed by atoms with van der Waals surface area (Å²) in [6, 6.07) is 2.11. The van der Waals surface area contributed by atoms with E-state index in [2.05, 4.69) is 33.7 Å². The molecule has 1 N–H and O–H groups in total. The van der Waals surface area contributed by atoms with Crippen molar-refractivity contribution < 1.29 is 4.74 Å². The van der Waals surface area contributed by atoms with E-state index < -0.39 is 0 Å². The highest BCUT2D eigenvalue weighted by Gasteiger charge is 2.01. The second-order valence-electron chi connectivity index (χ2n) is 3.33. The minimum atomic E-state index is 0.619. The Kier molecular flexibility index (Phi) is 3.36. The van der Waals surface area contributed by atoms with Gasteiger partial charge in [-0.15, -0.1) is 11.3 Å². The summed E-state index contributed by atoms with van der Waals surface area (Å²) in [4.78, 5) is 9.58. The molecular weight excluding hydrogens is 222 g/mol. The molecule has 2 rings (SSSR count). The Morgan fingerprint density at radius 1 is 1.38 bits per heavy atom. The summed E-state index contributed by atoms with van der Waals surface area (Å²) in [5.74, 6) is 1.28. The summed E-state index contributed by atoms with van der Waals surface area (Å²) in [7, 11) is 1.60. The van der Waals surface area contributed by atoms with Crippen molar-refractivity contribution in [3.63, 3.8) is 0 Å². The van der Waals surface area contributed by atoms with Gasteiger partial charge in [-0.05, 0) is 23.9 Å². The van der Waals surface area contributed by atoms with E-state index in [1.807, 2.05) is 0 Å². The van der Waals surface area contributed by atoms with Gasteiger partial charge in [-0.1, -0.05) is 0 Å². The number of rotatable bonds is 4. The first-order valence-electron chi connectivity index (χ1n) is 4.92. The van der Waals surface area contributed by atoms with Gasteiger partial charge < -0.3 is 10.1 Å².